The van der Waals surface area contributed by atoms with Crippen LogP contribution in [0.1, 0.15) is 50.7 Å². The molecule has 5 aromatic rings. The summed E-state index contributed by atoms with van der Waals surface area (Å²) in [6, 6.07) is 21.2. The van der Waals surface area contributed by atoms with Crippen molar-refractivity contribution < 1.29 is 4.42 Å². The van der Waals surface area contributed by atoms with Gasteiger partial charge in [0.15, 0.2) is 0 Å². The van der Waals surface area contributed by atoms with Gasteiger partial charge in [0.2, 0.25) is 0 Å². The second-order valence-electron chi connectivity index (χ2n) is 8.50. The molecule has 30 heavy (non-hydrogen) atoms. The summed E-state index contributed by atoms with van der Waals surface area (Å²) in [4.78, 5) is 4.71. The number of benzene rings is 3. The molecule has 0 bridgehead atoms. The van der Waals surface area contributed by atoms with E-state index in [0.717, 1.165) is 27.9 Å². The van der Waals surface area contributed by atoms with Crippen molar-refractivity contribution in [1.29, 1.82) is 0 Å². The minimum Gasteiger partial charge on any atom is -0.456 e. The standard InChI is InChI=1S/C27H26N2O/c1-17(2)20-13-14-23-24(22-12-8-11-21(18(3)4)26(22)30-23)25(20)29-16-15-28-27(29)19-9-6-5-7-10-19/h5-18H,1-4H3. The average molecular weight is 395 g/mol. The van der Waals surface area contributed by atoms with E-state index in [-0.39, 0.29) is 0 Å². The highest BCUT2D eigenvalue weighted by molar-refractivity contribution is 6.11. The van der Waals surface area contributed by atoms with E-state index in [0.29, 0.717) is 11.8 Å². The van der Waals surface area contributed by atoms with E-state index < -0.39 is 0 Å². The monoisotopic (exact) mass is 394 g/mol. The lowest BCUT2D eigenvalue weighted by Gasteiger charge is -2.17. The van der Waals surface area contributed by atoms with Crippen molar-refractivity contribution in [3.05, 3.63) is 84.2 Å². The Morgan fingerprint density at radius 1 is 0.800 bits per heavy atom. The fraction of sp³-hybridized carbons (Fsp3) is 0.222. The fourth-order valence-electron chi connectivity index (χ4n) is 4.37. The number of fused-ring (bicyclic) bond motifs is 3. The zero-order valence-electron chi connectivity index (χ0n) is 17.9. The lowest BCUT2D eigenvalue weighted by atomic mass is 9.95. The summed E-state index contributed by atoms with van der Waals surface area (Å²) in [5.41, 5.74) is 6.71. The van der Waals surface area contributed by atoms with Gasteiger partial charge in [-0.05, 0) is 29.0 Å². The van der Waals surface area contributed by atoms with Crippen molar-refractivity contribution in [3.8, 4) is 17.1 Å². The van der Waals surface area contributed by atoms with Crippen molar-refractivity contribution in [3.63, 3.8) is 0 Å². The van der Waals surface area contributed by atoms with Crippen LogP contribution in [0.3, 0.4) is 0 Å². The number of hydrogen-bond donors (Lipinski definition) is 0. The van der Waals surface area contributed by atoms with Crippen LogP contribution in [0.5, 0.6) is 0 Å². The van der Waals surface area contributed by atoms with E-state index in [1.165, 1.54) is 22.2 Å². The Bertz CT molecular complexity index is 1340. The highest BCUT2D eigenvalue weighted by Crippen LogP contribution is 2.41. The third kappa shape index (κ3) is 2.85. The summed E-state index contributed by atoms with van der Waals surface area (Å²) in [5.74, 6) is 1.71. The first-order valence-electron chi connectivity index (χ1n) is 10.6. The van der Waals surface area contributed by atoms with E-state index >= 15 is 0 Å². The van der Waals surface area contributed by atoms with Crippen molar-refractivity contribution in [2.45, 2.75) is 39.5 Å². The zero-order valence-corrected chi connectivity index (χ0v) is 17.9. The van der Waals surface area contributed by atoms with Gasteiger partial charge in [0.25, 0.3) is 0 Å². The van der Waals surface area contributed by atoms with Crippen molar-refractivity contribution in [2.75, 3.05) is 0 Å². The first-order chi connectivity index (χ1) is 14.6. The first kappa shape index (κ1) is 18.7. The minimum absolute atomic E-state index is 0.369. The predicted molar refractivity (Wildman–Crippen MR) is 124 cm³/mol. The van der Waals surface area contributed by atoms with Crippen LogP contribution in [0.4, 0.5) is 0 Å². The summed E-state index contributed by atoms with van der Waals surface area (Å²) in [5, 5.41) is 2.33. The van der Waals surface area contributed by atoms with Gasteiger partial charge in [-0.3, -0.25) is 4.57 Å². The largest absolute Gasteiger partial charge is 0.456 e. The fourth-order valence-corrected chi connectivity index (χ4v) is 4.37. The molecule has 0 unspecified atom stereocenters. The number of imidazole rings is 1. The molecule has 0 aliphatic carbocycles. The molecule has 0 aliphatic rings. The highest BCUT2D eigenvalue weighted by atomic mass is 16.3. The quantitative estimate of drug-likeness (QED) is 0.313. The number of furan rings is 1. The molecule has 150 valence electrons. The Morgan fingerprint density at radius 3 is 2.30 bits per heavy atom. The Kier molecular flexibility index (Phi) is 4.47. The molecular formula is C27H26N2O. The van der Waals surface area contributed by atoms with Crippen molar-refractivity contribution >= 4 is 21.9 Å². The molecule has 2 aromatic heterocycles. The molecule has 3 aromatic carbocycles. The van der Waals surface area contributed by atoms with Crippen LogP contribution in [-0.2, 0) is 0 Å². The third-order valence-corrected chi connectivity index (χ3v) is 5.86. The van der Waals surface area contributed by atoms with E-state index in [9.17, 15) is 0 Å². The lowest BCUT2D eigenvalue weighted by molar-refractivity contribution is 0.656. The first-order valence-corrected chi connectivity index (χ1v) is 10.6. The minimum atomic E-state index is 0.369. The molecule has 3 heteroatoms. The summed E-state index contributed by atoms with van der Waals surface area (Å²) in [7, 11) is 0. The predicted octanol–water partition coefficient (Wildman–Crippen LogP) is 7.69. The summed E-state index contributed by atoms with van der Waals surface area (Å²) in [6.07, 6.45) is 3.95. The Hall–Kier alpha value is -3.33. The summed E-state index contributed by atoms with van der Waals surface area (Å²) < 4.78 is 8.66. The summed E-state index contributed by atoms with van der Waals surface area (Å²) >= 11 is 0. The normalized spacial score (nSPS) is 11.9. The van der Waals surface area contributed by atoms with E-state index in [4.69, 9.17) is 9.40 Å². The lowest BCUT2D eigenvalue weighted by Crippen LogP contribution is -2.03. The number of nitrogens with zero attached hydrogens (tertiary/aromatic N) is 2. The van der Waals surface area contributed by atoms with Gasteiger partial charge in [-0.1, -0.05) is 82.3 Å². The van der Waals surface area contributed by atoms with Gasteiger partial charge in [-0.15, -0.1) is 0 Å². The number of para-hydroxylation sites is 1. The number of aromatic nitrogens is 2. The molecular weight excluding hydrogens is 368 g/mol. The number of rotatable bonds is 4. The zero-order chi connectivity index (χ0) is 20.8. The molecule has 0 radical (unpaired) electrons. The molecule has 0 spiro atoms. The van der Waals surface area contributed by atoms with Gasteiger partial charge >= 0.3 is 0 Å². The van der Waals surface area contributed by atoms with Gasteiger partial charge in [0.1, 0.15) is 17.0 Å². The molecule has 0 aliphatic heterocycles. The van der Waals surface area contributed by atoms with Crippen LogP contribution in [0, 0.1) is 0 Å². The maximum atomic E-state index is 6.43. The molecule has 3 nitrogen and oxygen atoms in total. The maximum Gasteiger partial charge on any atom is 0.144 e. The van der Waals surface area contributed by atoms with Gasteiger partial charge < -0.3 is 4.42 Å². The second-order valence-corrected chi connectivity index (χ2v) is 8.50. The van der Waals surface area contributed by atoms with Crippen LogP contribution in [0.15, 0.2) is 77.5 Å². The second kappa shape index (κ2) is 7.17. The van der Waals surface area contributed by atoms with E-state index in [1.54, 1.807) is 0 Å². The molecule has 5 rings (SSSR count). The van der Waals surface area contributed by atoms with Gasteiger partial charge in [0.05, 0.1) is 11.1 Å². The SMILES string of the molecule is CC(C)c1ccc2oc3c(C(C)C)cccc3c2c1-n1ccnc1-c1ccccc1. The van der Waals surface area contributed by atoms with Crippen LogP contribution in [0.25, 0.3) is 39.0 Å². The summed E-state index contributed by atoms with van der Waals surface area (Å²) in [6.45, 7) is 8.91. The van der Waals surface area contributed by atoms with E-state index in [2.05, 4.69) is 93.1 Å². The average Bonchev–Trinajstić information content (AvgIpc) is 3.38. The van der Waals surface area contributed by atoms with Crippen LogP contribution in [-0.4, -0.2) is 9.55 Å². The molecule has 0 atom stereocenters. The molecule has 0 N–H and O–H groups in total. The third-order valence-electron chi connectivity index (χ3n) is 5.86. The van der Waals surface area contributed by atoms with Gasteiger partial charge in [-0.25, -0.2) is 4.98 Å². The molecule has 0 fully saturated rings. The van der Waals surface area contributed by atoms with Crippen LogP contribution in [0.2, 0.25) is 0 Å². The van der Waals surface area contributed by atoms with Gasteiger partial charge in [-0.2, -0.15) is 0 Å². The van der Waals surface area contributed by atoms with Crippen LogP contribution >= 0.6 is 0 Å². The topological polar surface area (TPSA) is 31.0 Å². The molecule has 0 amide bonds. The maximum absolute atomic E-state index is 6.43. The van der Waals surface area contributed by atoms with Gasteiger partial charge in [0, 0.05) is 23.3 Å². The Balaban J connectivity index is 1.90. The smallest absolute Gasteiger partial charge is 0.144 e. The van der Waals surface area contributed by atoms with Crippen molar-refractivity contribution in [2.24, 2.45) is 0 Å². The molecule has 0 saturated heterocycles. The van der Waals surface area contributed by atoms with Crippen molar-refractivity contribution in [1.82, 2.24) is 9.55 Å². The Morgan fingerprint density at radius 2 is 1.57 bits per heavy atom. The van der Waals surface area contributed by atoms with E-state index in [1.807, 2.05) is 12.3 Å². The van der Waals surface area contributed by atoms with Crippen LogP contribution < -0.4 is 0 Å². The highest BCUT2D eigenvalue weighted by Gasteiger charge is 2.21. The Labute approximate surface area is 177 Å². The molecule has 0 saturated carbocycles. The number of hydrogen-bond acceptors (Lipinski definition) is 2. The molecule has 2 heterocycles.